The summed E-state index contributed by atoms with van der Waals surface area (Å²) in [6.45, 7) is 7.82. The lowest BCUT2D eigenvalue weighted by Crippen LogP contribution is -2.07. The Bertz CT molecular complexity index is 352. The second-order valence-corrected chi connectivity index (χ2v) is 3.60. The van der Waals surface area contributed by atoms with E-state index in [4.69, 9.17) is 4.74 Å². The lowest BCUT2D eigenvalue weighted by atomic mass is 10.3. The van der Waals surface area contributed by atoms with Gasteiger partial charge in [-0.3, -0.25) is 4.99 Å². The number of nitrogens with zero attached hydrogens (tertiary/aromatic N) is 2. The van der Waals surface area contributed by atoms with Crippen LogP contribution in [0.15, 0.2) is 41.2 Å². The molecule has 0 saturated heterocycles. The Morgan fingerprint density at radius 2 is 2.06 bits per heavy atom. The number of allylic oxidation sites excluding steroid dienone is 3. The first-order chi connectivity index (χ1) is 7.97. The molecule has 0 aliphatic carbocycles. The van der Waals surface area contributed by atoms with Gasteiger partial charge in [-0.1, -0.05) is 6.58 Å². The van der Waals surface area contributed by atoms with E-state index in [1.165, 1.54) is 6.08 Å². The summed E-state index contributed by atoms with van der Waals surface area (Å²) < 4.78 is 4.74. The minimum Gasteiger partial charge on any atom is -0.463 e. The normalized spacial score (nSPS) is 12.1. The summed E-state index contributed by atoms with van der Waals surface area (Å²) in [4.78, 5) is 17.0. The number of esters is 1. The summed E-state index contributed by atoms with van der Waals surface area (Å²) in [5, 5.41) is 0. The number of hydrogen-bond donors (Lipinski definition) is 0. The van der Waals surface area contributed by atoms with Gasteiger partial charge in [0.1, 0.15) is 0 Å². The molecule has 0 N–H and O–H groups in total. The summed E-state index contributed by atoms with van der Waals surface area (Å²) in [5.41, 5.74) is 1.67. The van der Waals surface area contributed by atoms with Gasteiger partial charge in [0, 0.05) is 38.3 Å². The largest absolute Gasteiger partial charge is 0.463 e. The molecule has 0 aliphatic heterocycles. The third-order valence-electron chi connectivity index (χ3n) is 1.93. The quantitative estimate of drug-likeness (QED) is 0.307. The molecule has 4 heteroatoms. The van der Waals surface area contributed by atoms with E-state index in [1.54, 1.807) is 25.4 Å². The smallest absolute Gasteiger partial charge is 0.330 e. The lowest BCUT2D eigenvalue weighted by Gasteiger charge is -2.10. The van der Waals surface area contributed by atoms with Crippen molar-refractivity contribution in [3.8, 4) is 0 Å². The molecule has 0 spiro atoms. The van der Waals surface area contributed by atoms with Crippen LogP contribution >= 0.6 is 0 Å². The highest BCUT2D eigenvalue weighted by molar-refractivity contribution is 5.87. The van der Waals surface area contributed by atoms with Crippen LogP contribution in [0.5, 0.6) is 0 Å². The molecule has 0 aliphatic rings. The Labute approximate surface area is 103 Å². The van der Waals surface area contributed by atoms with Crippen molar-refractivity contribution in [3.05, 3.63) is 36.2 Å². The number of aliphatic imine (C=N–C) groups is 1. The van der Waals surface area contributed by atoms with Gasteiger partial charge in [-0.25, -0.2) is 4.79 Å². The van der Waals surface area contributed by atoms with Gasteiger partial charge < -0.3 is 9.64 Å². The first kappa shape index (κ1) is 15.2. The molecule has 0 aromatic carbocycles. The molecule has 0 amide bonds. The highest BCUT2D eigenvalue weighted by Gasteiger charge is 1.92. The summed E-state index contributed by atoms with van der Waals surface area (Å²) in [5.74, 6) is -0.373. The van der Waals surface area contributed by atoms with Crippen molar-refractivity contribution in [1.82, 2.24) is 4.90 Å². The molecular formula is C13H20N2O2. The third-order valence-corrected chi connectivity index (χ3v) is 1.93. The van der Waals surface area contributed by atoms with E-state index in [9.17, 15) is 4.79 Å². The highest BCUT2D eigenvalue weighted by Crippen LogP contribution is 1.97. The van der Waals surface area contributed by atoms with Crippen LogP contribution in [0.4, 0.5) is 0 Å². The van der Waals surface area contributed by atoms with Gasteiger partial charge >= 0.3 is 5.97 Å². The standard InChI is InChI=1S/C13H20N2O2/c1-6-17-13(16)8-7-11(2)9-14-10-12(3)15(4)5/h7-10H,2,6H2,1,3-5H3/b8-7+,12-10+,14-9?. The number of carbonyl (C=O) groups excluding carboxylic acids is 1. The first-order valence-corrected chi connectivity index (χ1v) is 5.38. The molecule has 0 aromatic rings. The van der Waals surface area contributed by atoms with E-state index in [-0.39, 0.29) is 5.97 Å². The van der Waals surface area contributed by atoms with Crippen LogP contribution < -0.4 is 0 Å². The van der Waals surface area contributed by atoms with E-state index in [2.05, 4.69) is 11.6 Å². The van der Waals surface area contributed by atoms with Crippen LogP contribution in [-0.4, -0.2) is 37.8 Å². The molecule has 4 nitrogen and oxygen atoms in total. The van der Waals surface area contributed by atoms with Gasteiger partial charge in [-0.05, 0) is 25.5 Å². The fraction of sp³-hybridized carbons (Fsp3) is 0.385. The average Bonchev–Trinajstić information content (AvgIpc) is 2.26. The SMILES string of the molecule is C=C(C=N/C=C(\C)N(C)C)/C=C/C(=O)OCC. The topological polar surface area (TPSA) is 41.9 Å². The predicted octanol–water partition coefficient (Wildman–Crippen LogP) is 2.16. The van der Waals surface area contributed by atoms with Crippen molar-refractivity contribution in [2.24, 2.45) is 4.99 Å². The van der Waals surface area contributed by atoms with Gasteiger partial charge in [0.05, 0.1) is 6.61 Å². The average molecular weight is 236 g/mol. The van der Waals surface area contributed by atoms with E-state index in [1.807, 2.05) is 25.9 Å². The Balaban J connectivity index is 4.23. The van der Waals surface area contributed by atoms with Gasteiger partial charge in [-0.2, -0.15) is 0 Å². The molecule has 0 aromatic heterocycles. The Morgan fingerprint density at radius 1 is 1.41 bits per heavy atom. The minimum absolute atomic E-state index is 0.370. The second kappa shape index (κ2) is 8.33. The summed E-state index contributed by atoms with van der Waals surface area (Å²) in [7, 11) is 3.88. The van der Waals surface area contributed by atoms with Crippen LogP contribution in [-0.2, 0) is 9.53 Å². The zero-order chi connectivity index (χ0) is 13.3. The number of hydrogen-bond acceptors (Lipinski definition) is 4. The molecule has 94 valence electrons. The molecule has 0 atom stereocenters. The molecular weight excluding hydrogens is 216 g/mol. The zero-order valence-electron chi connectivity index (χ0n) is 10.9. The summed E-state index contributed by atoms with van der Waals surface area (Å²) in [6, 6.07) is 0. The van der Waals surface area contributed by atoms with Crippen LogP contribution in [0, 0.1) is 0 Å². The van der Waals surface area contributed by atoms with Crippen LogP contribution in [0.1, 0.15) is 13.8 Å². The van der Waals surface area contributed by atoms with Crippen molar-refractivity contribution in [3.63, 3.8) is 0 Å². The Hall–Kier alpha value is -1.84. The van der Waals surface area contributed by atoms with Crippen molar-refractivity contribution < 1.29 is 9.53 Å². The molecule has 0 saturated carbocycles. The molecule has 0 bridgehead atoms. The molecule has 0 heterocycles. The van der Waals surface area contributed by atoms with Crippen molar-refractivity contribution in [1.29, 1.82) is 0 Å². The maximum absolute atomic E-state index is 11.0. The predicted molar refractivity (Wildman–Crippen MR) is 70.8 cm³/mol. The number of rotatable bonds is 6. The molecule has 0 fully saturated rings. The molecule has 17 heavy (non-hydrogen) atoms. The zero-order valence-corrected chi connectivity index (χ0v) is 10.9. The highest BCUT2D eigenvalue weighted by atomic mass is 16.5. The van der Waals surface area contributed by atoms with Crippen LogP contribution in [0.3, 0.4) is 0 Å². The second-order valence-electron chi connectivity index (χ2n) is 3.60. The molecule has 0 unspecified atom stereocenters. The summed E-state index contributed by atoms with van der Waals surface area (Å²) >= 11 is 0. The van der Waals surface area contributed by atoms with E-state index in [0.29, 0.717) is 12.2 Å². The fourth-order valence-corrected chi connectivity index (χ4v) is 0.765. The van der Waals surface area contributed by atoms with Gasteiger partial charge in [0.15, 0.2) is 0 Å². The van der Waals surface area contributed by atoms with Gasteiger partial charge in [-0.15, -0.1) is 0 Å². The first-order valence-electron chi connectivity index (χ1n) is 5.38. The van der Waals surface area contributed by atoms with Crippen LogP contribution in [0.25, 0.3) is 0 Å². The van der Waals surface area contributed by atoms with Gasteiger partial charge in [0.25, 0.3) is 0 Å². The minimum atomic E-state index is -0.373. The molecule has 0 rings (SSSR count). The van der Waals surface area contributed by atoms with Crippen molar-refractivity contribution in [2.75, 3.05) is 20.7 Å². The number of ether oxygens (including phenoxy) is 1. The Kier molecular flexibility index (Phi) is 7.43. The molecule has 0 radical (unpaired) electrons. The van der Waals surface area contributed by atoms with Gasteiger partial charge in [0.2, 0.25) is 0 Å². The van der Waals surface area contributed by atoms with Crippen molar-refractivity contribution >= 4 is 12.2 Å². The van der Waals surface area contributed by atoms with Crippen LogP contribution in [0.2, 0.25) is 0 Å². The number of carbonyl (C=O) groups is 1. The van der Waals surface area contributed by atoms with E-state index in [0.717, 1.165) is 5.70 Å². The third kappa shape index (κ3) is 8.02. The fourth-order valence-electron chi connectivity index (χ4n) is 0.765. The lowest BCUT2D eigenvalue weighted by molar-refractivity contribution is -0.137. The van der Waals surface area contributed by atoms with E-state index >= 15 is 0 Å². The van der Waals surface area contributed by atoms with E-state index < -0.39 is 0 Å². The maximum atomic E-state index is 11.0. The summed E-state index contributed by atoms with van der Waals surface area (Å²) in [6.07, 6.45) is 6.22. The maximum Gasteiger partial charge on any atom is 0.330 e. The Morgan fingerprint density at radius 3 is 2.59 bits per heavy atom. The van der Waals surface area contributed by atoms with Crippen molar-refractivity contribution in [2.45, 2.75) is 13.8 Å². The monoisotopic (exact) mass is 236 g/mol.